The predicted molar refractivity (Wildman–Crippen MR) is 84.1 cm³/mol. The van der Waals surface area contributed by atoms with Gasteiger partial charge in [0.15, 0.2) is 5.79 Å². The molecule has 1 aliphatic heterocycles. The van der Waals surface area contributed by atoms with E-state index in [9.17, 15) is 0 Å². The molecular formula is C18H28O3. The fraction of sp³-hybridized carbons (Fsp3) is 0.667. The number of hydrogen-bond donors (Lipinski definition) is 0. The maximum atomic E-state index is 5.80. The van der Waals surface area contributed by atoms with Gasteiger partial charge in [0.25, 0.3) is 0 Å². The van der Waals surface area contributed by atoms with E-state index in [-0.39, 0.29) is 11.9 Å². The molecule has 3 heteroatoms. The number of hydrogen-bond acceptors (Lipinski definition) is 3. The van der Waals surface area contributed by atoms with Crippen molar-refractivity contribution in [3.05, 3.63) is 35.9 Å². The first-order chi connectivity index (χ1) is 10.2. The van der Waals surface area contributed by atoms with Crippen molar-refractivity contribution in [3.63, 3.8) is 0 Å². The highest BCUT2D eigenvalue weighted by molar-refractivity contribution is 5.13. The molecule has 1 heterocycles. The van der Waals surface area contributed by atoms with Crippen LogP contribution in [0.25, 0.3) is 0 Å². The molecule has 2 rings (SSSR count). The van der Waals surface area contributed by atoms with Crippen molar-refractivity contribution in [2.24, 2.45) is 0 Å². The minimum atomic E-state index is -0.379. The Balaban J connectivity index is 1.41. The molecular weight excluding hydrogens is 264 g/mol. The van der Waals surface area contributed by atoms with Crippen molar-refractivity contribution in [1.29, 1.82) is 0 Å². The lowest BCUT2D eigenvalue weighted by atomic mass is 10.1. The molecule has 1 aromatic carbocycles. The van der Waals surface area contributed by atoms with Crippen LogP contribution in [-0.4, -0.2) is 25.1 Å². The third kappa shape index (κ3) is 6.60. The Kier molecular flexibility index (Phi) is 6.68. The lowest BCUT2D eigenvalue weighted by molar-refractivity contribution is -0.139. The molecule has 0 aromatic heterocycles. The molecule has 0 spiro atoms. The summed E-state index contributed by atoms with van der Waals surface area (Å²) in [4.78, 5) is 0. The second-order valence-corrected chi connectivity index (χ2v) is 6.19. The van der Waals surface area contributed by atoms with Gasteiger partial charge in [0, 0.05) is 6.61 Å². The Labute approximate surface area is 128 Å². The maximum absolute atomic E-state index is 5.80. The molecule has 0 amide bonds. The van der Waals surface area contributed by atoms with Crippen LogP contribution in [0.4, 0.5) is 0 Å². The third-order valence-corrected chi connectivity index (χ3v) is 3.74. The van der Waals surface area contributed by atoms with Crippen molar-refractivity contribution < 1.29 is 14.2 Å². The Morgan fingerprint density at radius 2 is 1.86 bits per heavy atom. The summed E-state index contributed by atoms with van der Waals surface area (Å²) >= 11 is 0. The second-order valence-electron chi connectivity index (χ2n) is 6.19. The summed E-state index contributed by atoms with van der Waals surface area (Å²) < 4.78 is 17.0. The van der Waals surface area contributed by atoms with E-state index in [0.717, 1.165) is 32.7 Å². The van der Waals surface area contributed by atoms with Crippen molar-refractivity contribution >= 4 is 0 Å². The molecule has 0 saturated carbocycles. The number of unbranched alkanes of at least 4 members (excludes halogenated alkanes) is 3. The SMILES string of the molecule is CC1(C)OC[C@H](CCCCCCOCc2ccccc2)O1. The summed E-state index contributed by atoms with van der Waals surface area (Å²) in [6.07, 6.45) is 6.22. The zero-order valence-corrected chi connectivity index (χ0v) is 13.3. The van der Waals surface area contributed by atoms with E-state index in [4.69, 9.17) is 14.2 Å². The second kappa shape index (κ2) is 8.52. The summed E-state index contributed by atoms with van der Waals surface area (Å²) in [5.41, 5.74) is 1.25. The average Bonchev–Trinajstić information content (AvgIpc) is 2.82. The van der Waals surface area contributed by atoms with Crippen molar-refractivity contribution in [2.45, 2.75) is 64.4 Å². The van der Waals surface area contributed by atoms with Gasteiger partial charge in [-0.05, 0) is 32.3 Å². The molecule has 1 aromatic rings. The van der Waals surface area contributed by atoms with E-state index in [1.165, 1.54) is 24.8 Å². The highest BCUT2D eigenvalue weighted by Crippen LogP contribution is 2.25. The molecule has 0 unspecified atom stereocenters. The first kappa shape index (κ1) is 16.5. The summed E-state index contributed by atoms with van der Waals surface area (Å²) in [6.45, 7) is 6.29. The summed E-state index contributed by atoms with van der Waals surface area (Å²) in [5.74, 6) is -0.379. The molecule has 0 bridgehead atoms. The van der Waals surface area contributed by atoms with Crippen LogP contribution in [0.1, 0.15) is 51.5 Å². The number of ether oxygens (including phenoxy) is 3. The molecule has 0 radical (unpaired) electrons. The predicted octanol–water partition coefficient (Wildman–Crippen LogP) is 4.31. The molecule has 1 atom stereocenters. The molecule has 0 N–H and O–H groups in total. The highest BCUT2D eigenvalue weighted by atomic mass is 16.7. The van der Waals surface area contributed by atoms with Gasteiger partial charge >= 0.3 is 0 Å². The quantitative estimate of drug-likeness (QED) is 0.635. The van der Waals surface area contributed by atoms with Crippen LogP contribution in [0.3, 0.4) is 0 Å². The fourth-order valence-electron chi connectivity index (χ4n) is 2.60. The Hall–Kier alpha value is -0.900. The van der Waals surface area contributed by atoms with E-state index in [0.29, 0.717) is 0 Å². The van der Waals surface area contributed by atoms with Crippen molar-refractivity contribution in [2.75, 3.05) is 13.2 Å². The van der Waals surface area contributed by atoms with Gasteiger partial charge < -0.3 is 14.2 Å². The van der Waals surface area contributed by atoms with Crippen LogP contribution in [0.2, 0.25) is 0 Å². The van der Waals surface area contributed by atoms with Crippen LogP contribution in [0, 0.1) is 0 Å². The van der Waals surface area contributed by atoms with Gasteiger partial charge in [0.2, 0.25) is 0 Å². The lowest BCUT2D eigenvalue weighted by Gasteiger charge is -2.16. The van der Waals surface area contributed by atoms with Crippen molar-refractivity contribution in [3.8, 4) is 0 Å². The third-order valence-electron chi connectivity index (χ3n) is 3.74. The summed E-state index contributed by atoms with van der Waals surface area (Å²) in [6, 6.07) is 10.3. The first-order valence-corrected chi connectivity index (χ1v) is 8.09. The standard InChI is InChI=1S/C18H28O3/c1-18(2)20-15-17(21-18)12-8-3-4-9-13-19-14-16-10-6-5-7-11-16/h5-7,10-11,17H,3-4,8-9,12-15H2,1-2H3/t17-/m0/s1. The molecule has 0 aliphatic carbocycles. The topological polar surface area (TPSA) is 27.7 Å². The van der Waals surface area contributed by atoms with Crippen molar-refractivity contribution in [1.82, 2.24) is 0 Å². The zero-order chi connectivity index (χ0) is 15.0. The van der Waals surface area contributed by atoms with E-state index in [2.05, 4.69) is 24.3 Å². The average molecular weight is 292 g/mol. The summed E-state index contributed by atoms with van der Waals surface area (Å²) in [5, 5.41) is 0. The van der Waals surface area contributed by atoms with Crippen LogP contribution in [0.5, 0.6) is 0 Å². The molecule has 118 valence electrons. The van der Waals surface area contributed by atoms with Gasteiger partial charge in [-0.25, -0.2) is 0 Å². The maximum Gasteiger partial charge on any atom is 0.163 e. The van der Waals surface area contributed by atoms with Gasteiger partial charge in [-0.2, -0.15) is 0 Å². The largest absolute Gasteiger partial charge is 0.377 e. The van der Waals surface area contributed by atoms with E-state index >= 15 is 0 Å². The van der Waals surface area contributed by atoms with Gasteiger partial charge in [0.1, 0.15) is 0 Å². The Morgan fingerprint density at radius 3 is 2.57 bits per heavy atom. The van der Waals surface area contributed by atoms with E-state index in [1.807, 2.05) is 19.9 Å². The Bertz CT molecular complexity index is 389. The molecule has 3 nitrogen and oxygen atoms in total. The van der Waals surface area contributed by atoms with Gasteiger partial charge in [-0.3, -0.25) is 0 Å². The molecule has 1 fully saturated rings. The van der Waals surface area contributed by atoms with E-state index < -0.39 is 0 Å². The number of benzene rings is 1. The van der Waals surface area contributed by atoms with Gasteiger partial charge in [0.05, 0.1) is 19.3 Å². The highest BCUT2D eigenvalue weighted by Gasteiger charge is 2.31. The minimum Gasteiger partial charge on any atom is -0.377 e. The normalized spacial score (nSPS) is 20.8. The minimum absolute atomic E-state index is 0.286. The fourth-order valence-corrected chi connectivity index (χ4v) is 2.60. The monoisotopic (exact) mass is 292 g/mol. The lowest BCUT2D eigenvalue weighted by Crippen LogP contribution is -2.21. The smallest absolute Gasteiger partial charge is 0.163 e. The Morgan fingerprint density at radius 1 is 1.10 bits per heavy atom. The van der Waals surface area contributed by atoms with Crippen LogP contribution < -0.4 is 0 Å². The molecule has 1 aliphatic rings. The van der Waals surface area contributed by atoms with Gasteiger partial charge in [-0.1, -0.05) is 49.6 Å². The first-order valence-electron chi connectivity index (χ1n) is 8.09. The zero-order valence-electron chi connectivity index (χ0n) is 13.3. The van der Waals surface area contributed by atoms with Crippen LogP contribution >= 0.6 is 0 Å². The summed E-state index contributed by atoms with van der Waals surface area (Å²) in [7, 11) is 0. The molecule has 1 saturated heterocycles. The van der Waals surface area contributed by atoms with Crippen LogP contribution in [-0.2, 0) is 20.8 Å². The molecule has 21 heavy (non-hydrogen) atoms. The van der Waals surface area contributed by atoms with Gasteiger partial charge in [-0.15, -0.1) is 0 Å². The van der Waals surface area contributed by atoms with Crippen LogP contribution in [0.15, 0.2) is 30.3 Å². The number of rotatable bonds is 9. The van der Waals surface area contributed by atoms with E-state index in [1.54, 1.807) is 0 Å².